The van der Waals surface area contributed by atoms with E-state index in [0.717, 1.165) is 36.8 Å². The third-order valence-corrected chi connectivity index (χ3v) is 13.6. The minimum Gasteiger partial charge on any atom is -0.481 e. The second-order valence-corrected chi connectivity index (χ2v) is 17.5. The number of ketones is 2. The van der Waals surface area contributed by atoms with Crippen LogP contribution in [0, 0.1) is 0 Å². The molecule has 0 amide bonds. The van der Waals surface area contributed by atoms with Crippen LogP contribution in [0.2, 0.25) is 0 Å². The van der Waals surface area contributed by atoms with E-state index < -0.39 is 11.9 Å². The minimum atomic E-state index is -1.08. The van der Waals surface area contributed by atoms with Crippen molar-refractivity contribution in [2.75, 3.05) is 0 Å². The lowest BCUT2D eigenvalue weighted by Gasteiger charge is -2.42. The van der Waals surface area contributed by atoms with Crippen molar-refractivity contribution in [2.45, 2.75) is 151 Å². The van der Waals surface area contributed by atoms with E-state index >= 15 is 0 Å². The van der Waals surface area contributed by atoms with Crippen LogP contribution in [0.3, 0.4) is 0 Å². The van der Waals surface area contributed by atoms with E-state index in [0.29, 0.717) is 24.9 Å². The molecule has 0 spiro atoms. The van der Waals surface area contributed by atoms with Crippen molar-refractivity contribution >= 4 is 34.9 Å². The Kier molecular flexibility index (Phi) is 17.1. The lowest BCUT2D eigenvalue weighted by atomic mass is 9.64. The second kappa shape index (κ2) is 23.1. The third kappa shape index (κ3) is 12.5. The Bertz CT molecular complexity index is 1970. The maximum Gasteiger partial charge on any atom is 0.303 e. The molecule has 4 aliphatic rings. The quantitative estimate of drug-likeness (QED) is 0.129. The molecule has 0 bridgehead atoms. The average molecular weight is 837 g/mol. The van der Waals surface area contributed by atoms with Gasteiger partial charge in [0, 0.05) is 46.2 Å². The smallest absolute Gasteiger partial charge is 0.303 e. The van der Waals surface area contributed by atoms with Crippen LogP contribution in [-0.4, -0.2) is 57.2 Å². The van der Waals surface area contributed by atoms with Crippen LogP contribution in [0.4, 0.5) is 0 Å². The first-order valence-electron chi connectivity index (χ1n) is 23.0. The molecule has 2 saturated carbocycles. The molecule has 8 rings (SSSR count). The largest absolute Gasteiger partial charge is 0.481 e. The summed E-state index contributed by atoms with van der Waals surface area (Å²) in [5.74, 6) is -1.68. The predicted molar refractivity (Wildman–Crippen MR) is 248 cm³/mol. The summed E-state index contributed by atoms with van der Waals surface area (Å²) in [5, 5.41) is 15.8. The second-order valence-electron chi connectivity index (χ2n) is 17.5. The SMILES string of the molecule is O=C(CCC1=N[C@@H]2CCCC[C@@]2(c2ccccc2)CCC1)c1ccccc1.O=C(CCC1=N[C@@H]2CCCC[C@@]2(c2ccccc2)CCC1)c1ccccc1.O=C(O)CCC(=O)O. The number of carbonyl (C=O) groups is 4. The summed E-state index contributed by atoms with van der Waals surface area (Å²) in [5.41, 5.74) is 7.55. The van der Waals surface area contributed by atoms with Crippen LogP contribution in [0.25, 0.3) is 0 Å². The van der Waals surface area contributed by atoms with Gasteiger partial charge in [-0.05, 0) is 88.2 Å². The standard InChI is InChI=1S/2C25H29NO.C4H6O4/c2*27-23(20-10-3-1-4-11-20)17-16-22-14-9-19-25(21-12-5-2-6-13-21)18-8-7-15-24(25)26-22;5-3(6)1-2-4(7)8/h2*1-6,10-13,24H,7-9,14-19H2;1-2H2,(H,5,6)(H,7,8)/t2*24-,25+;/m11./s1. The molecule has 4 atom stereocenters. The Morgan fingerprint density at radius 1 is 0.452 bits per heavy atom. The molecule has 0 radical (unpaired) electrons. The van der Waals surface area contributed by atoms with Crippen LogP contribution in [0.5, 0.6) is 0 Å². The van der Waals surface area contributed by atoms with Gasteiger partial charge in [-0.25, -0.2) is 0 Å². The van der Waals surface area contributed by atoms with Crippen molar-refractivity contribution in [2.24, 2.45) is 9.98 Å². The van der Waals surface area contributed by atoms with Gasteiger partial charge in [0.15, 0.2) is 11.6 Å². The zero-order valence-electron chi connectivity index (χ0n) is 36.3. The molecule has 2 heterocycles. The number of rotatable bonds is 13. The molecule has 8 heteroatoms. The maximum absolute atomic E-state index is 12.5. The Labute approximate surface area is 368 Å². The number of benzene rings is 4. The molecule has 62 heavy (non-hydrogen) atoms. The number of carbonyl (C=O) groups excluding carboxylic acids is 2. The number of hydrogen-bond donors (Lipinski definition) is 2. The number of aliphatic imine (C=N–C) groups is 2. The van der Waals surface area contributed by atoms with Crippen LogP contribution in [0.1, 0.15) is 160 Å². The molecule has 4 aromatic carbocycles. The fourth-order valence-corrected chi connectivity index (χ4v) is 10.3. The van der Waals surface area contributed by atoms with E-state index in [2.05, 4.69) is 60.7 Å². The fraction of sp³-hybridized carbons (Fsp3) is 0.444. The highest BCUT2D eigenvalue weighted by Gasteiger charge is 2.44. The Hall–Kier alpha value is -5.50. The average Bonchev–Trinajstić information content (AvgIpc) is 3.64. The van der Waals surface area contributed by atoms with Gasteiger partial charge < -0.3 is 10.2 Å². The topological polar surface area (TPSA) is 133 Å². The molecule has 4 aromatic rings. The van der Waals surface area contributed by atoms with Gasteiger partial charge >= 0.3 is 11.9 Å². The van der Waals surface area contributed by atoms with Gasteiger partial charge in [-0.15, -0.1) is 0 Å². The molecule has 0 unspecified atom stereocenters. The van der Waals surface area contributed by atoms with Crippen molar-refractivity contribution in [3.05, 3.63) is 144 Å². The summed E-state index contributed by atoms with van der Waals surface area (Å²) in [6, 6.07) is 42.2. The first kappa shape index (κ1) is 46.0. The van der Waals surface area contributed by atoms with E-state index in [-0.39, 0.29) is 35.2 Å². The monoisotopic (exact) mass is 836 g/mol. The summed E-state index contributed by atoms with van der Waals surface area (Å²) in [6.07, 6.45) is 19.1. The predicted octanol–water partition coefficient (Wildman–Crippen LogP) is 12.2. The highest BCUT2D eigenvalue weighted by molar-refractivity contribution is 5.99. The molecular formula is C54H64N2O6. The Balaban J connectivity index is 0.000000176. The summed E-state index contributed by atoms with van der Waals surface area (Å²) >= 11 is 0. The molecule has 2 aliphatic heterocycles. The summed E-state index contributed by atoms with van der Waals surface area (Å²) in [4.78, 5) is 54.8. The van der Waals surface area contributed by atoms with Gasteiger partial charge in [0.05, 0.1) is 24.9 Å². The van der Waals surface area contributed by atoms with Gasteiger partial charge in [0.1, 0.15) is 0 Å². The van der Waals surface area contributed by atoms with Crippen molar-refractivity contribution in [3.8, 4) is 0 Å². The van der Waals surface area contributed by atoms with Crippen LogP contribution in [0.15, 0.2) is 131 Å². The number of aliphatic carboxylic acids is 2. The highest BCUT2D eigenvalue weighted by Crippen LogP contribution is 2.48. The fourth-order valence-electron chi connectivity index (χ4n) is 10.3. The molecular weight excluding hydrogens is 773 g/mol. The number of carboxylic acid groups (broad SMARTS) is 2. The van der Waals surface area contributed by atoms with Crippen molar-refractivity contribution in [1.82, 2.24) is 0 Å². The van der Waals surface area contributed by atoms with Gasteiger partial charge in [0.25, 0.3) is 0 Å². The zero-order chi connectivity index (χ0) is 43.6. The van der Waals surface area contributed by atoms with E-state index in [1.54, 1.807) is 0 Å². The molecule has 2 aliphatic carbocycles. The van der Waals surface area contributed by atoms with Crippen molar-refractivity contribution in [1.29, 1.82) is 0 Å². The third-order valence-electron chi connectivity index (χ3n) is 13.6. The molecule has 0 saturated heterocycles. The molecule has 326 valence electrons. The number of Topliss-reactive ketones (excluding diaryl/α,β-unsaturated/α-hetero) is 2. The van der Waals surface area contributed by atoms with E-state index in [4.69, 9.17) is 20.2 Å². The first-order chi connectivity index (χ1) is 30.2. The molecule has 2 N–H and O–H groups in total. The Morgan fingerprint density at radius 2 is 0.790 bits per heavy atom. The lowest BCUT2D eigenvalue weighted by molar-refractivity contribution is -0.143. The van der Waals surface area contributed by atoms with E-state index in [1.165, 1.54) is 99.6 Å². The van der Waals surface area contributed by atoms with Crippen LogP contribution >= 0.6 is 0 Å². The number of carboxylic acids is 2. The minimum absolute atomic E-state index is 0.213. The molecule has 8 nitrogen and oxygen atoms in total. The van der Waals surface area contributed by atoms with Crippen LogP contribution in [-0.2, 0) is 20.4 Å². The molecule has 0 aromatic heterocycles. The van der Waals surface area contributed by atoms with Gasteiger partial charge in [0.2, 0.25) is 0 Å². The van der Waals surface area contributed by atoms with Crippen molar-refractivity contribution in [3.63, 3.8) is 0 Å². The first-order valence-corrected chi connectivity index (χ1v) is 23.0. The summed E-state index contributed by atoms with van der Waals surface area (Å²) < 4.78 is 0. The number of hydrogen-bond acceptors (Lipinski definition) is 6. The lowest BCUT2D eigenvalue weighted by Crippen LogP contribution is -2.40. The van der Waals surface area contributed by atoms with Gasteiger partial charge in [-0.2, -0.15) is 0 Å². The molecule has 2 fully saturated rings. The zero-order valence-corrected chi connectivity index (χ0v) is 36.3. The van der Waals surface area contributed by atoms with E-state index in [9.17, 15) is 19.2 Å². The van der Waals surface area contributed by atoms with Crippen molar-refractivity contribution < 1.29 is 29.4 Å². The number of nitrogens with zero attached hydrogens (tertiary/aromatic N) is 2. The van der Waals surface area contributed by atoms with Gasteiger partial charge in [-0.1, -0.05) is 147 Å². The van der Waals surface area contributed by atoms with Gasteiger partial charge in [-0.3, -0.25) is 29.2 Å². The summed E-state index contributed by atoms with van der Waals surface area (Å²) in [7, 11) is 0. The highest BCUT2D eigenvalue weighted by atomic mass is 16.4. The van der Waals surface area contributed by atoms with Crippen LogP contribution < -0.4 is 0 Å². The maximum atomic E-state index is 12.5. The summed E-state index contributed by atoms with van der Waals surface area (Å²) in [6.45, 7) is 0. The normalized spacial score (nSPS) is 23.0. The Morgan fingerprint density at radius 3 is 1.15 bits per heavy atom. The van der Waals surface area contributed by atoms with E-state index in [1.807, 2.05) is 60.7 Å². The number of fused-ring (bicyclic) bond motifs is 2.